The van der Waals surface area contributed by atoms with Crippen molar-refractivity contribution in [2.24, 2.45) is 0 Å². The minimum Gasteiger partial charge on any atom is -0.307 e. The van der Waals surface area contributed by atoms with Crippen LogP contribution >= 0.6 is 27.3 Å². The second-order valence-corrected chi connectivity index (χ2v) is 5.10. The van der Waals surface area contributed by atoms with Crippen LogP contribution in [0.5, 0.6) is 0 Å². The van der Waals surface area contributed by atoms with E-state index in [0.29, 0.717) is 6.04 Å². The van der Waals surface area contributed by atoms with Crippen molar-refractivity contribution in [1.82, 2.24) is 5.32 Å². The van der Waals surface area contributed by atoms with Gasteiger partial charge in [0.15, 0.2) is 0 Å². The van der Waals surface area contributed by atoms with E-state index in [1.165, 1.54) is 9.35 Å². The van der Waals surface area contributed by atoms with E-state index in [0.717, 1.165) is 13.0 Å². The highest BCUT2D eigenvalue weighted by molar-refractivity contribution is 9.11. The average molecular weight is 244 g/mol. The normalized spacial score (nSPS) is 21.9. The van der Waals surface area contributed by atoms with Gasteiger partial charge in [0.1, 0.15) is 0 Å². The highest BCUT2D eigenvalue weighted by Gasteiger charge is 2.10. The second-order valence-electron chi connectivity index (χ2n) is 2.87. The fourth-order valence-corrected chi connectivity index (χ4v) is 2.63. The molecule has 1 aliphatic heterocycles. The van der Waals surface area contributed by atoms with Crippen LogP contribution < -0.4 is 5.32 Å². The number of rotatable bonds is 2. The zero-order valence-corrected chi connectivity index (χ0v) is 8.99. The van der Waals surface area contributed by atoms with E-state index in [9.17, 15) is 0 Å². The van der Waals surface area contributed by atoms with Gasteiger partial charge in [0.05, 0.1) is 3.79 Å². The van der Waals surface area contributed by atoms with Crippen LogP contribution in [0.1, 0.15) is 5.56 Å². The van der Waals surface area contributed by atoms with E-state index in [4.69, 9.17) is 0 Å². The van der Waals surface area contributed by atoms with Crippen LogP contribution in [-0.4, -0.2) is 12.6 Å². The fraction of sp³-hybridized carbons (Fsp3) is 0.333. The van der Waals surface area contributed by atoms with Crippen molar-refractivity contribution in [2.45, 2.75) is 12.5 Å². The van der Waals surface area contributed by atoms with E-state index in [1.807, 2.05) is 0 Å². The lowest BCUT2D eigenvalue weighted by molar-refractivity contribution is 0.665. The molecule has 2 heterocycles. The maximum Gasteiger partial charge on any atom is 0.0731 e. The lowest BCUT2D eigenvalue weighted by atomic mass is 10.1. The van der Waals surface area contributed by atoms with Gasteiger partial charge in [-0.25, -0.2) is 0 Å². The van der Waals surface area contributed by atoms with Crippen LogP contribution in [0.3, 0.4) is 0 Å². The van der Waals surface area contributed by atoms with Gasteiger partial charge in [-0.3, -0.25) is 0 Å². The quantitative estimate of drug-likeness (QED) is 0.788. The Kier molecular flexibility index (Phi) is 2.63. The molecule has 0 amide bonds. The van der Waals surface area contributed by atoms with Crippen molar-refractivity contribution in [2.75, 3.05) is 6.54 Å². The highest BCUT2D eigenvalue weighted by atomic mass is 79.9. The summed E-state index contributed by atoms with van der Waals surface area (Å²) in [6, 6.07) is 2.72. The van der Waals surface area contributed by atoms with E-state index in [2.05, 4.69) is 44.8 Å². The third-order valence-corrected chi connectivity index (χ3v) is 3.81. The first kappa shape index (κ1) is 8.48. The molecule has 0 aromatic carbocycles. The summed E-state index contributed by atoms with van der Waals surface area (Å²) in [5, 5.41) is 5.52. The lowest BCUT2D eigenvalue weighted by Gasteiger charge is -2.07. The van der Waals surface area contributed by atoms with E-state index < -0.39 is 0 Å². The molecule has 0 fully saturated rings. The van der Waals surface area contributed by atoms with Gasteiger partial charge in [-0.15, -0.1) is 11.3 Å². The van der Waals surface area contributed by atoms with Gasteiger partial charge in [0, 0.05) is 12.6 Å². The summed E-state index contributed by atoms with van der Waals surface area (Å²) in [6.45, 7) is 1.02. The molecule has 0 spiro atoms. The Labute approximate surface area is 84.6 Å². The standard InChI is InChI=1S/C9H10BrNS/c10-9-7(3-5-12-9)6-8-2-1-4-11-8/h1-3,5,8,11H,4,6H2. The second kappa shape index (κ2) is 3.73. The van der Waals surface area contributed by atoms with Gasteiger partial charge in [0.25, 0.3) is 0 Å². The molecule has 0 saturated heterocycles. The topological polar surface area (TPSA) is 12.0 Å². The summed E-state index contributed by atoms with van der Waals surface area (Å²) in [6.07, 6.45) is 5.52. The molecule has 1 atom stereocenters. The van der Waals surface area contributed by atoms with Crippen LogP contribution in [0.15, 0.2) is 27.4 Å². The number of nitrogens with one attached hydrogen (secondary N) is 1. The Morgan fingerprint density at radius 2 is 2.58 bits per heavy atom. The number of hydrogen-bond acceptors (Lipinski definition) is 2. The minimum absolute atomic E-state index is 0.538. The summed E-state index contributed by atoms with van der Waals surface area (Å²) < 4.78 is 1.27. The Balaban J connectivity index is 2.03. The summed E-state index contributed by atoms with van der Waals surface area (Å²) in [7, 11) is 0. The fourth-order valence-electron chi connectivity index (χ4n) is 1.36. The summed E-state index contributed by atoms with van der Waals surface area (Å²) in [4.78, 5) is 0. The van der Waals surface area contributed by atoms with Gasteiger partial charge >= 0.3 is 0 Å². The summed E-state index contributed by atoms with van der Waals surface area (Å²) in [5.74, 6) is 0. The predicted molar refractivity (Wildman–Crippen MR) is 56.7 cm³/mol. The van der Waals surface area contributed by atoms with Crippen molar-refractivity contribution < 1.29 is 0 Å². The molecule has 2 rings (SSSR count). The molecule has 1 aliphatic rings. The minimum atomic E-state index is 0.538. The molecular weight excluding hydrogens is 234 g/mol. The number of thiophene rings is 1. The Morgan fingerprint density at radius 1 is 1.67 bits per heavy atom. The monoisotopic (exact) mass is 243 g/mol. The molecule has 0 aliphatic carbocycles. The summed E-state index contributed by atoms with van der Waals surface area (Å²) in [5.41, 5.74) is 1.41. The van der Waals surface area contributed by atoms with Crippen LogP contribution in [0.4, 0.5) is 0 Å². The maximum absolute atomic E-state index is 3.54. The van der Waals surface area contributed by atoms with Gasteiger partial charge < -0.3 is 5.32 Å². The SMILES string of the molecule is Brc1sccc1CC1C=CCN1. The Hall–Kier alpha value is -0.120. The largest absolute Gasteiger partial charge is 0.307 e. The third-order valence-electron chi connectivity index (χ3n) is 2.00. The van der Waals surface area contributed by atoms with Gasteiger partial charge in [-0.2, -0.15) is 0 Å². The van der Waals surface area contributed by atoms with E-state index >= 15 is 0 Å². The molecule has 0 saturated carbocycles. The predicted octanol–water partition coefficient (Wildman–Crippen LogP) is 2.58. The summed E-state index contributed by atoms with van der Waals surface area (Å²) >= 11 is 5.29. The first-order valence-electron chi connectivity index (χ1n) is 3.98. The Morgan fingerprint density at radius 3 is 3.17 bits per heavy atom. The van der Waals surface area contributed by atoms with Crippen molar-refractivity contribution in [3.05, 3.63) is 32.9 Å². The molecule has 3 heteroatoms. The van der Waals surface area contributed by atoms with Crippen molar-refractivity contribution >= 4 is 27.3 Å². The number of hydrogen-bond donors (Lipinski definition) is 1. The van der Waals surface area contributed by atoms with Crippen LogP contribution in [0.25, 0.3) is 0 Å². The maximum atomic E-state index is 3.54. The van der Waals surface area contributed by atoms with Crippen molar-refractivity contribution in [1.29, 1.82) is 0 Å². The lowest BCUT2D eigenvalue weighted by Crippen LogP contribution is -2.24. The third kappa shape index (κ3) is 1.79. The molecule has 1 N–H and O–H groups in total. The molecule has 12 heavy (non-hydrogen) atoms. The molecule has 1 nitrogen and oxygen atoms in total. The van der Waals surface area contributed by atoms with E-state index in [-0.39, 0.29) is 0 Å². The molecular formula is C9H10BrNS. The average Bonchev–Trinajstić information content (AvgIpc) is 2.65. The van der Waals surface area contributed by atoms with Crippen LogP contribution in [0.2, 0.25) is 0 Å². The van der Waals surface area contributed by atoms with Crippen molar-refractivity contribution in [3.8, 4) is 0 Å². The zero-order chi connectivity index (χ0) is 8.39. The Bertz CT molecular complexity index is 292. The van der Waals surface area contributed by atoms with Gasteiger partial charge in [0.2, 0.25) is 0 Å². The number of halogens is 1. The molecule has 1 aromatic rings. The smallest absolute Gasteiger partial charge is 0.0731 e. The van der Waals surface area contributed by atoms with Crippen LogP contribution in [0, 0.1) is 0 Å². The molecule has 0 bridgehead atoms. The van der Waals surface area contributed by atoms with Gasteiger partial charge in [-0.05, 0) is 39.4 Å². The molecule has 1 unspecified atom stereocenters. The first-order valence-corrected chi connectivity index (χ1v) is 5.65. The molecule has 64 valence electrons. The first-order chi connectivity index (χ1) is 5.86. The van der Waals surface area contributed by atoms with Crippen LogP contribution in [-0.2, 0) is 6.42 Å². The van der Waals surface area contributed by atoms with E-state index in [1.54, 1.807) is 11.3 Å². The van der Waals surface area contributed by atoms with Crippen molar-refractivity contribution in [3.63, 3.8) is 0 Å². The zero-order valence-electron chi connectivity index (χ0n) is 6.59. The van der Waals surface area contributed by atoms with Gasteiger partial charge in [-0.1, -0.05) is 12.2 Å². The molecule has 1 aromatic heterocycles. The highest BCUT2D eigenvalue weighted by Crippen LogP contribution is 2.24. The molecule has 0 radical (unpaired) electrons.